The smallest absolute Gasteiger partial charge is 0.0159 e. The maximum absolute atomic E-state index is 2.45. The van der Waals surface area contributed by atoms with Gasteiger partial charge in [0, 0.05) is 0 Å². The van der Waals surface area contributed by atoms with Crippen molar-refractivity contribution < 1.29 is 0 Å². The van der Waals surface area contributed by atoms with Crippen molar-refractivity contribution in [1.82, 2.24) is 0 Å². The van der Waals surface area contributed by atoms with Crippen LogP contribution >= 0.6 is 0 Å². The van der Waals surface area contributed by atoms with Gasteiger partial charge in [0.2, 0.25) is 0 Å². The van der Waals surface area contributed by atoms with Crippen LogP contribution in [0, 0.1) is 29.6 Å². The fourth-order valence-corrected chi connectivity index (χ4v) is 7.26. The Morgan fingerprint density at radius 2 is 1.25 bits per heavy atom. The van der Waals surface area contributed by atoms with Crippen molar-refractivity contribution in [3.8, 4) is 0 Å². The van der Waals surface area contributed by atoms with Crippen molar-refractivity contribution >= 4 is 0 Å². The molecule has 3 aliphatic carbocycles. The largest absolute Gasteiger partial charge is 0.0654 e. The van der Waals surface area contributed by atoms with Crippen LogP contribution in [-0.4, -0.2) is 0 Å². The molecule has 3 aliphatic rings. The summed E-state index contributed by atoms with van der Waals surface area (Å²) in [7, 11) is 0. The first-order chi connectivity index (χ1) is 13.8. The maximum atomic E-state index is 2.45. The Balaban J connectivity index is 1.28. The van der Waals surface area contributed by atoms with Crippen molar-refractivity contribution in [3.63, 3.8) is 0 Å². The normalized spacial score (nSPS) is 36.1. The lowest BCUT2D eigenvalue weighted by Gasteiger charge is -2.45. The first-order valence-corrected chi connectivity index (χ1v) is 12.9. The molecule has 0 aliphatic heterocycles. The molecule has 0 heteroatoms. The Labute approximate surface area is 174 Å². The van der Waals surface area contributed by atoms with E-state index in [9.17, 15) is 0 Å². The molecule has 4 unspecified atom stereocenters. The Kier molecular flexibility index (Phi) is 7.18. The zero-order chi connectivity index (χ0) is 19.3. The van der Waals surface area contributed by atoms with E-state index >= 15 is 0 Å². The zero-order valence-electron chi connectivity index (χ0n) is 18.7. The lowest BCUT2D eigenvalue weighted by molar-refractivity contribution is 0.0712. The highest BCUT2D eigenvalue weighted by atomic mass is 14.4. The summed E-state index contributed by atoms with van der Waals surface area (Å²) >= 11 is 0. The number of rotatable bonds is 6. The van der Waals surface area contributed by atoms with Crippen LogP contribution in [0.5, 0.6) is 0 Å². The molecule has 28 heavy (non-hydrogen) atoms. The van der Waals surface area contributed by atoms with Crippen LogP contribution in [0.1, 0.15) is 114 Å². The lowest BCUT2D eigenvalue weighted by Crippen LogP contribution is -2.34. The summed E-state index contributed by atoms with van der Waals surface area (Å²) in [6, 6.07) is 9.71. The molecule has 1 aromatic carbocycles. The van der Waals surface area contributed by atoms with Gasteiger partial charge >= 0.3 is 0 Å². The average molecular weight is 381 g/mol. The second-order valence-corrected chi connectivity index (χ2v) is 10.7. The molecule has 0 heterocycles. The zero-order valence-corrected chi connectivity index (χ0v) is 18.7. The molecule has 0 saturated heterocycles. The third-order valence-corrected chi connectivity index (χ3v) is 8.90. The topological polar surface area (TPSA) is 0 Å². The molecule has 4 atom stereocenters. The molecule has 0 bridgehead atoms. The first-order valence-electron chi connectivity index (χ1n) is 12.9. The molecule has 0 amide bonds. The number of fused-ring (bicyclic) bond motifs is 1. The SMILES string of the molecule is CCCc1ccc(C2CCC3CC(C4CCC(CCC)CC4)CCC3C2)cc1. The van der Waals surface area contributed by atoms with Gasteiger partial charge in [0.15, 0.2) is 0 Å². The van der Waals surface area contributed by atoms with E-state index in [-0.39, 0.29) is 0 Å². The van der Waals surface area contributed by atoms with Crippen molar-refractivity contribution in [3.05, 3.63) is 35.4 Å². The minimum atomic E-state index is 0.845. The van der Waals surface area contributed by atoms with E-state index < -0.39 is 0 Å². The van der Waals surface area contributed by atoms with Gasteiger partial charge in [-0.25, -0.2) is 0 Å². The predicted molar refractivity (Wildman–Crippen MR) is 122 cm³/mol. The lowest BCUT2D eigenvalue weighted by atomic mass is 9.60. The number of hydrogen-bond acceptors (Lipinski definition) is 0. The quantitative estimate of drug-likeness (QED) is 0.463. The average Bonchev–Trinajstić information content (AvgIpc) is 2.75. The fourth-order valence-electron chi connectivity index (χ4n) is 7.26. The van der Waals surface area contributed by atoms with Gasteiger partial charge in [0.05, 0.1) is 0 Å². The van der Waals surface area contributed by atoms with Crippen molar-refractivity contribution in [2.45, 2.75) is 110 Å². The second kappa shape index (κ2) is 9.82. The van der Waals surface area contributed by atoms with E-state index in [0.29, 0.717) is 0 Å². The van der Waals surface area contributed by atoms with Crippen LogP contribution < -0.4 is 0 Å². The highest BCUT2D eigenvalue weighted by molar-refractivity contribution is 5.26. The Morgan fingerprint density at radius 1 is 0.643 bits per heavy atom. The van der Waals surface area contributed by atoms with E-state index in [1.54, 1.807) is 44.1 Å². The monoisotopic (exact) mass is 380 g/mol. The van der Waals surface area contributed by atoms with Crippen LogP contribution in [0.4, 0.5) is 0 Å². The summed E-state index contributed by atoms with van der Waals surface area (Å²) in [5.74, 6) is 6.16. The number of hydrogen-bond donors (Lipinski definition) is 0. The second-order valence-electron chi connectivity index (χ2n) is 10.7. The molecule has 0 spiro atoms. The van der Waals surface area contributed by atoms with Gasteiger partial charge in [-0.3, -0.25) is 0 Å². The summed E-state index contributed by atoms with van der Waals surface area (Å²) in [4.78, 5) is 0. The summed E-state index contributed by atoms with van der Waals surface area (Å²) < 4.78 is 0. The highest BCUT2D eigenvalue weighted by Crippen LogP contribution is 2.51. The minimum absolute atomic E-state index is 0.845. The van der Waals surface area contributed by atoms with E-state index in [1.165, 1.54) is 56.9 Å². The first kappa shape index (κ1) is 20.5. The van der Waals surface area contributed by atoms with Gasteiger partial charge in [0.1, 0.15) is 0 Å². The molecule has 1 aromatic rings. The Morgan fingerprint density at radius 3 is 1.93 bits per heavy atom. The van der Waals surface area contributed by atoms with Gasteiger partial charge in [-0.15, -0.1) is 0 Å². The minimum Gasteiger partial charge on any atom is -0.0654 e. The summed E-state index contributed by atoms with van der Waals surface area (Å²) in [6.45, 7) is 4.64. The van der Waals surface area contributed by atoms with Crippen molar-refractivity contribution in [2.75, 3.05) is 0 Å². The van der Waals surface area contributed by atoms with Gasteiger partial charge in [0.25, 0.3) is 0 Å². The summed E-state index contributed by atoms with van der Waals surface area (Å²) in [5, 5.41) is 0. The molecule has 4 rings (SSSR count). The van der Waals surface area contributed by atoms with Gasteiger partial charge in [-0.2, -0.15) is 0 Å². The molecule has 0 radical (unpaired) electrons. The highest BCUT2D eigenvalue weighted by Gasteiger charge is 2.38. The molecule has 0 aromatic heterocycles. The molecule has 3 fully saturated rings. The van der Waals surface area contributed by atoms with Crippen LogP contribution in [0.2, 0.25) is 0 Å². The third kappa shape index (κ3) is 4.85. The molecule has 0 N–H and O–H groups in total. The van der Waals surface area contributed by atoms with Gasteiger partial charge in [-0.05, 0) is 104 Å². The Hall–Kier alpha value is -0.780. The van der Waals surface area contributed by atoms with E-state index in [1.807, 2.05) is 0 Å². The molecule has 3 saturated carbocycles. The third-order valence-electron chi connectivity index (χ3n) is 8.90. The fraction of sp³-hybridized carbons (Fsp3) is 0.786. The van der Waals surface area contributed by atoms with Crippen LogP contribution in [0.15, 0.2) is 24.3 Å². The van der Waals surface area contributed by atoms with Crippen LogP contribution in [-0.2, 0) is 6.42 Å². The van der Waals surface area contributed by atoms with Crippen LogP contribution in [0.3, 0.4) is 0 Å². The van der Waals surface area contributed by atoms with Crippen molar-refractivity contribution in [2.24, 2.45) is 29.6 Å². The van der Waals surface area contributed by atoms with E-state index in [2.05, 4.69) is 38.1 Å². The number of aryl methyl sites for hydroxylation is 1. The van der Waals surface area contributed by atoms with Gasteiger partial charge in [-0.1, -0.05) is 70.2 Å². The molecular weight excluding hydrogens is 336 g/mol. The summed E-state index contributed by atoms with van der Waals surface area (Å²) in [6.07, 6.45) is 20.7. The molecular formula is C28H44. The predicted octanol–water partition coefficient (Wildman–Crippen LogP) is 8.55. The van der Waals surface area contributed by atoms with Gasteiger partial charge < -0.3 is 0 Å². The standard InChI is InChI=1S/C28H44/c1-3-5-21-7-11-23(12-8-21)25-15-17-28-20-26(16-18-27(28)19-25)24-13-9-22(6-4-2)10-14-24/h7-8,11-12,22,24-28H,3-6,9-10,13-20H2,1-2H3. The number of benzene rings is 1. The molecule has 0 nitrogen and oxygen atoms in total. The van der Waals surface area contributed by atoms with E-state index in [4.69, 9.17) is 0 Å². The van der Waals surface area contributed by atoms with E-state index in [0.717, 1.165) is 35.5 Å². The Bertz CT molecular complexity index is 577. The van der Waals surface area contributed by atoms with Crippen LogP contribution in [0.25, 0.3) is 0 Å². The summed E-state index contributed by atoms with van der Waals surface area (Å²) in [5.41, 5.74) is 3.16. The molecule has 156 valence electrons. The van der Waals surface area contributed by atoms with Crippen molar-refractivity contribution in [1.29, 1.82) is 0 Å². The maximum Gasteiger partial charge on any atom is -0.0159 e.